The number of likely N-dealkylation sites (tertiary alicyclic amines) is 1. The minimum Gasteiger partial charge on any atom is -0.356 e. The monoisotopic (exact) mass is 285 g/mol. The highest BCUT2D eigenvalue weighted by Gasteiger charge is 2.38. The zero-order valence-corrected chi connectivity index (χ0v) is 12.5. The number of rotatable bonds is 2. The van der Waals surface area contributed by atoms with Crippen molar-refractivity contribution in [1.29, 1.82) is 0 Å². The van der Waals surface area contributed by atoms with E-state index in [0.717, 1.165) is 17.7 Å². The van der Waals surface area contributed by atoms with Crippen molar-refractivity contribution in [3.05, 3.63) is 35.8 Å². The fourth-order valence-corrected chi connectivity index (χ4v) is 4.29. The molecule has 0 radical (unpaired) electrons. The number of pyridine rings is 1. The van der Waals surface area contributed by atoms with Crippen LogP contribution >= 0.6 is 11.3 Å². The smallest absolute Gasteiger partial charge is 0.128 e. The molecule has 0 bridgehead atoms. The van der Waals surface area contributed by atoms with E-state index >= 15 is 0 Å². The molecule has 0 amide bonds. The number of hydrogen-bond acceptors (Lipinski definition) is 4. The molecule has 0 aromatic carbocycles. The molecule has 0 saturated carbocycles. The molecular formula is C16H19N3S. The lowest BCUT2D eigenvalue weighted by Crippen LogP contribution is -2.27. The van der Waals surface area contributed by atoms with E-state index in [4.69, 9.17) is 0 Å². The first-order chi connectivity index (χ1) is 9.79. The third-order valence-electron chi connectivity index (χ3n) is 4.55. The molecule has 2 fully saturated rings. The van der Waals surface area contributed by atoms with E-state index in [1.807, 2.05) is 6.20 Å². The Labute approximate surface area is 123 Å². The lowest BCUT2D eigenvalue weighted by atomic mass is 10.0. The summed E-state index contributed by atoms with van der Waals surface area (Å²) in [5.41, 5.74) is 1.22. The highest BCUT2D eigenvalue weighted by Crippen LogP contribution is 2.33. The molecule has 2 aromatic rings. The second kappa shape index (κ2) is 4.86. The highest BCUT2D eigenvalue weighted by molar-refractivity contribution is 7.13. The number of fused-ring (bicyclic) bond motifs is 1. The van der Waals surface area contributed by atoms with Crippen molar-refractivity contribution in [2.24, 2.45) is 11.8 Å². The van der Waals surface area contributed by atoms with Gasteiger partial charge in [0.15, 0.2) is 0 Å². The molecular weight excluding hydrogens is 266 g/mol. The van der Waals surface area contributed by atoms with Gasteiger partial charge < -0.3 is 9.80 Å². The van der Waals surface area contributed by atoms with Gasteiger partial charge in [0, 0.05) is 42.8 Å². The van der Waals surface area contributed by atoms with E-state index in [2.05, 4.69) is 51.5 Å². The summed E-state index contributed by atoms with van der Waals surface area (Å²) in [5.74, 6) is 2.81. The van der Waals surface area contributed by atoms with E-state index in [0.29, 0.717) is 0 Å². The molecule has 0 N–H and O–H groups in total. The molecule has 0 aliphatic carbocycles. The fourth-order valence-electron chi connectivity index (χ4n) is 3.58. The predicted molar refractivity (Wildman–Crippen MR) is 84.2 cm³/mol. The summed E-state index contributed by atoms with van der Waals surface area (Å²) in [5, 5.41) is 2.11. The predicted octanol–water partition coefficient (Wildman–Crippen LogP) is 2.81. The maximum Gasteiger partial charge on any atom is 0.128 e. The Balaban J connectivity index is 1.50. The third kappa shape index (κ3) is 2.13. The van der Waals surface area contributed by atoms with Crippen LogP contribution in [0.4, 0.5) is 5.82 Å². The first-order valence-electron chi connectivity index (χ1n) is 7.23. The van der Waals surface area contributed by atoms with Crippen molar-refractivity contribution in [1.82, 2.24) is 9.88 Å². The number of nitrogens with zero attached hydrogens (tertiary/aromatic N) is 3. The van der Waals surface area contributed by atoms with Crippen LogP contribution in [0.25, 0.3) is 10.4 Å². The van der Waals surface area contributed by atoms with Crippen molar-refractivity contribution in [2.75, 3.05) is 38.1 Å². The van der Waals surface area contributed by atoms with E-state index in [-0.39, 0.29) is 0 Å². The van der Waals surface area contributed by atoms with Gasteiger partial charge >= 0.3 is 0 Å². The Morgan fingerprint density at radius 1 is 1.10 bits per heavy atom. The number of hydrogen-bond donors (Lipinski definition) is 0. The maximum absolute atomic E-state index is 4.68. The maximum atomic E-state index is 4.68. The number of anilines is 1. The van der Waals surface area contributed by atoms with Crippen LogP contribution in [-0.4, -0.2) is 43.1 Å². The molecule has 3 nitrogen and oxygen atoms in total. The molecule has 2 unspecified atom stereocenters. The zero-order chi connectivity index (χ0) is 13.5. The fraction of sp³-hybridized carbons (Fsp3) is 0.438. The van der Waals surface area contributed by atoms with Gasteiger partial charge in [0.05, 0.1) is 0 Å². The minimum absolute atomic E-state index is 0.832. The van der Waals surface area contributed by atoms with Gasteiger partial charge in [-0.05, 0) is 42.5 Å². The van der Waals surface area contributed by atoms with Crippen molar-refractivity contribution < 1.29 is 0 Å². The first-order valence-corrected chi connectivity index (χ1v) is 8.11. The van der Waals surface area contributed by atoms with Crippen molar-refractivity contribution >= 4 is 17.2 Å². The van der Waals surface area contributed by atoms with Crippen LogP contribution in [0.2, 0.25) is 0 Å². The standard InChI is InChI=1S/C16H19N3S/c1-18-8-13-10-19(11-14(13)9-18)16-5-4-12(7-17-16)15-3-2-6-20-15/h2-7,13-14H,8-11H2,1H3. The van der Waals surface area contributed by atoms with Crippen molar-refractivity contribution in [3.63, 3.8) is 0 Å². The molecule has 4 heterocycles. The zero-order valence-electron chi connectivity index (χ0n) is 11.7. The SMILES string of the molecule is CN1CC2CN(c3ccc(-c4cccs4)cn3)CC2C1. The average molecular weight is 285 g/mol. The molecule has 2 aliphatic heterocycles. The van der Waals surface area contributed by atoms with Crippen LogP contribution < -0.4 is 4.90 Å². The van der Waals surface area contributed by atoms with Gasteiger partial charge in [-0.1, -0.05) is 6.07 Å². The third-order valence-corrected chi connectivity index (χ3v) is 5.47. The van der Waals surface area contributed by atoms with Crippen molar-refractivity contribution in [2.45, 2.75) is 0 Å². The molecule has 20 heavy (non-hydrogen) atoms. The van der Waals surface area contributed by atoms with E-state index in [1.54, 1.807) is 11.3 Å². The number of thiophene rings is 1. The van der Waals surface area contributed by atoms with Gasteiger partial charge in [0.25, 0.3) is 0 Å². The molecule has 2 saturated heterocycles. The molecule has 2 aromatic heterocycles. The summed E-state index contributed by atoms with van der Waals surface area (Å²) in [6.07, 6.45) is 2.02. The minimum atomic E-state index is 0.832. The van der Waals surface area contributed by atoms with Crippen LogP contribution in [0.5, 0.6) is 0 Å². The van der Waals surface area contributed by atoms with Crippen LogP contribution in [0, 0.1) is 11.8 Å². The van der Waals surface area contributed by atoms with Gasteiger partial charge in [0.2, 0.25) is 0 Å². The summed E-state index contributed by atoms with van der Waals surface area (Å²) in [6, 6.07) is 8.62. The topological polar surface area (TPSA) is 19.4 Å². The Morgan fingerprint density at radius 3 is 2.50 bits per heavy atom. The Bertz CT molecular complexity index is 564. The molecule has 4 rings (SSSR count). The Morgan fingerprint density at radius 2 is 1.90 bits per heavy atom. The normalized spacial score (nSPS) is 26.1. The van der Waals surface area contributed by atoms with Gasteiger partial charge in [0.1, 0.15) is 5.82 Å². The second-order valence-corrected chi connectivity index (χ2v) is 6.98. The van der Waals surface area contributed by atoms with Crippen LogP contribution in [0.3, 0.4) is 0 Å². The van der Waals surface area contributed by atoms with Crippen LogP contribution in [0.15, 0.2) is 35.8 Å². The average Bonchev–Trinajstić information content (AvgIpc) is 3.13. The first kappa shape index (κ1) is 12.4. The van der Waals surface area contributed by atoms with E-state index in [9.17, 15) is 0 Å². The number of aromatic nitrogens is 1. The Hall–Kier alpha value is -1.39. The van der Waals surface area contributed by atoms with Gasteiger partial charge in [-0.3, -0.25) is 0 Å². The lowest BCUT2D eigenvalue weighted by Gasteiger charge is -2.20. The summed E-state index contributed by atoms with van der Waals surface area (Å²) < 4.78 is 0. The highest BCUT2D eigenvalue weighted by atomic mass is 32.1. The van der Waals surface area contributed by atoms with Gasteiger partial charge in [-0.2, -0.15) is 0 Å². The summed E-state index contributed by atoms with van der Waals surface area (Å²) >= 11 is 1.77. The quantitative estimate of drug-likeness (QED) is 0.846. The molecule has 0 spiro atoms. The van der Waals surface area contributed by atoms with Crippen molar-refractivity contribution in [3.8, 4) is 10.4 Å². The lowest BCUT2D eigenvalue weighted by molar-refractivity contribution is 0.387. The molecule has 104 valence electrons. The van der Waals surface area contributed by atoms with Gasteiger partial charge in [-0.25, -0.2) is 4.98 Å². The molecule has 2 atom stereocenters. The largest absolute Gasteiger partial charge is 0.356 e. The molecule has 2 aliphatic rings. The summed E-state index contributed by atoms with van der Waals surface area (Å²) in [7, 11) is 2.23. The van der Waals surface area contributed by atoms with E-state index < -0.39 is 0 Å². The molecule has 4 heteroatoms. The Kier molecular flexibility index (Phi) is 3.00. The summed E-state index contributed by atoms with van der Waals surface area (Å²) in [6.45, 7) is 4.82. The van der Waals surface area contributed by atoms with Crippen LogP contribution in [-0.2, 0) is 0 Å². The van der Waals surface area contributed by atoms with Crippen LogP contribution in [0.1, 0.15) is 0 Å². The summed E-state index contributed by atoms with van der Waals surface area (Å²) in [4.78, 5) is 10.9. The van der Waals surface area contributed by atoms with Gasteiger partial charge in [-0.15, -0.1) is 11.3 Å². The second-order valence-electron chi connectivity index (χ2n) is 6.03. The van der Waals surface area contributed by atoms with E-state index in [1.165, 1.54) is 36.6 Å².